The van der Waals surface area contributed by atoms with E-state index in [4.69, 9.17) is 5.84 Å². The van der Waals surface area contributed by atoms with Crippen molar-refractivity contribution < 1.29 is 8.78 Å². The van der Waals surface area contributed by atoms with Gasteiger partial charge in [0.15, 0.2) is 0 Å². The smallest absolute Gasteiger partial charge is 0.126 e. The van der Waals surface area contributed by atoms with E-state index >= 15 is 0 Å². The van der Waals surface area contributed by atoms with Crippen molar-refractivity contribution in [3.8, 4) is 0 Å². The van der Waals surface area contributed by atoms with Crippen molar-refractivity contribution >= 4 is 15.9 Å². The minimum Gasteiger partial charge on any atom is -0.271 e. The van der Waals surface area contributed by atoms with Gasteiger partial charge < -0.3 is 0 Å². The normalized spacial score (nSPS) is 12.4. The van der Waals surface area contributed by atoms with Crippen LogP contribution < -0.4 is 11.3 Å². The number of halogens is 3. The van der Waals surface area contributed by atoms with E-state index in [0.717, 1.165) is 5.56 Å². The van der Waals surface area contributed by atoms with Crippen LogP contribution in [0, 0.1) is 11.6 Å². The molecule has 0 spiro atoms. The highest BCUT2D eigenvalue weighted by atomic mass is 79.9. The zero-order valence-electron chi connectivity index (χ0n) is 10.0. The predicted octanol–water partition coefficient (Wildman–Crippen LogP) is 3.47. The molecule has 1 atom stereocenters. The first-order chi connectivity index (χ1) is 9.11. The van der Waals surface area contributed by atoms with Gasteiger partial charge >= 0.3 is 0 Å². The molecule has 0 aliphatic heterocycles. The van der Waals surface area contributed by atoms with Gasteiger partial charge in [-0.1, -0.05) is 40.2 Å². The molecule has 100 valence electrons. The van der Waals surface area contributed by atoms with E-state index in [1.807, 2.05) is 0 Å². The van der Waals surface area contributed by atoms with Gasteiger partial charge in [0.05, 0.1) is 6.04 Å². The molecule has 5 heteroatoms. The van der Waals surface area contributed by atoms with Gasteiger partial charge in [-0.2, -0.15) is 0 Å². The lowest BCUT2D eigenvalue weighted by Crippen LogP contribution is -2.30. The molecule has 0 saturated carbocycles. The molecule has 0 heterocycles. The van der Waals surface area contributed by atoms with Gasteiger partial charge in [0.2, 0.25) is 0 Å². The Bertz CT molecular complexity index is 575. The lowest BCUT2D eigenvalue weighted by Gasteiger charge is -2.18. The Morgan fingerprint density at radius 1 is 1.16 bits per heavy atom. The largest absolute Gasteiger partial charge is 0.271 e. The van der Waals surface area contributed by atoms with Crippen LogP contribution in [0.3, 0.4) is 0 Å². The Morgan fingerprint density at radius 3 is 2.53 bits per heavy atom. The van der Waals surface area contributed by atoms with Crippen LogP contribution in [0.4, 0.5) is 8.78 Å². The molecule has 0 bridgehead atoms. The number of hydrogen-bond donors (Lipinski definition) is 2. The second-order valence-corrected chi connectivity index (χ2v) is 5.03. The van der Waals surface area contributed by atoms with Gasteiger partial charge in [-0.15, -0.1) is 0 Å². The zero-order chi connectivity index (χ0) is 13.8. The number of nitrogens with one attached hydrogen (secondary N) is 1. The summed E-state index contributed by atoms with van der Waals surface area (Å²) in [6.45, 7) is 0. The summed E-state index contributed by atoms with van der Waals surface area (Å²) in [5.74, 6) is 4.91. The molecule has 0 fully saturated rings. The molecule has 0 aliphatic rings. The molecule has 1 unspecified atom stereocenters. The van der Waals surface area contributed by atoms with Crippen molar-refractivity contribution in [2.24, 2.45) is 5.84 Å². The molecule has 0 radical (unpaired) electrons. The van der Waals surface area contributed by atoms with Crippen molar-refractivity contribution in [2.45, 2.75) is 12.5 Å². The van der Waals surface area contributed by atoms with Crippen LogP contribution in [0.2, 0.25) is 0 Å². The van der Waals surface area contributed by atoms with Crippen molar-refractivity contribution in [1.82, 2.24) is 5.43 Å². The van der Waals surface area contributed by atoms with E-state index < -0.39 is 0 Å². The number of nitrogens with two attached hydrogens (primary N) is 1. The molecule has 0 aliphatic carbocycles. The second kappa shape index (κ2) is 6.23. The number of hydrazine groups is 1. The molecule has 2 rings (SSSR count). The average Bonchev–Trinajstić information content (AvgIpc) is 2.39. The third kappa shape index (κ3) is 3.37. The summed E-state index contributed by atoms with van der Waals surface area (Å²) >= 11 is 3.29. The SMILES string of the molecule is NNC(Cc1ccccc1F)c1ccc(F)cc1Br. The van der Waals surface area contributed by atoms with Crippen molar-refractivity contribution in [3.63, 3.8) is 0 Å². The van der Waals surface area contributed by atoms with Crippen LogP contribution in [0.15, 0.2) is 46.9 Å². The predicted molar refractivity (Wildman–Crippen MR) is 74.3 cm³/mol. The maximum Gasteiger partial charge on any atom is 0.126 e. The fourth-order valence-electron chi connectivity index (χ4n) is 1.93. The third-order valence-electron chi connectivity index (χ3n) is 2.92. The molecule has 2 aromatic rings. The van der Waals surface area contributed by atoms with Crippen molar-refractivity contribution in [3.05, 3.63) is 69.7 Å². The maximum atomic E-state index is 13.6. The second-order valence-electron chi connectivity index (χ2n) is 4.18. The van der Waals surface area contributed by atoms with E-state index in [1.165, 1.54) is 18.2 Å². The Kier molecular flexibility index (Phi) is 4.63. The zero-order valence-corrected chi connectivity index (χ0v) is 11.6. The quantitative estimate of drug-likeness (QED) is 0.667. The molecule has 2 aromatic carbocycles. The fourth-order valence-corrected chi connectivity index (χ4v) is 2.55. The van der Waals surface area contributed by atoms with Gasteiger partial charge in [0, 0.05) is 4.47 Å². The summed E-state index contributed by atoms with van der Waals surface area (Å²) in [6.07, 6.45) is 0.382. The molecule has 0 amide bonds. The summed E-state index contributed by atoms with van der Waals surface area (Å²) in [5, 5.41) is 0. The molecular weight excluding hydrogens is 314 g/mol. The van der Waals surface area contributed by atoms with E-state index in [2.05, 4.69) is 21.4 Å². The van der Waals surface area contributed by atoms with Crippen LogP contribution in [0.5, 0.6) is 0 Å². The van der Waals surface area contributed by atoms with Crippen LogP contribution in [0.25, 0.3) is 0 Å². The van der Waals surface area contributed by atoms with E-state index in [0.29, 0.717) is 16.5 Å². The Hall–Kier alpha value is -1.30. The molecule has 0 aromatic heterocycles. The number of hydrogen-bond acceptors (Lipinski definition) is 2. The van der Waals surface area contributed by atoms with Gasteiger partial charge in [-0.3, -0.25) is 11.3 Å². The van der Waals surface area contributed by atoms with E-state index in [9.17, 15) is 8.78 Å². The van der Waals surface area contributed by atoms with Crippen LogP contribution in [-0.2, 0) is 6.42 Å². The van der Waals surface area contributed by atoms with Crippen LogP contribution >= 0.6 is 15.9 Å². The Morgan fingerprint density at radius 2 is 1.89 bits per heavy atom. The van der Waals surface area contributed by atoms with Crippen molar-refractivity contribution in [2.75, 3.05) is 0 Å². The van der Waals surface area contributed by atoms with E-state index in [1.54, 1.807) is 24.3 Å². The lowest BCUT2D eigenvalue weighted by atomic mass is 9.99. The first-order valence-corrected chi connectivity index (χ1v) is 6.55. The minimum atomic E-state index is -0.336. The summed E-state index contributed by atoms with van der Waals surface area (Å²) < 4.78 is 27.3. The first-order valence-electron chi connectivity index (χ1n) is 5.76. The lowest BCUT2D eigenvalue weighted by molar-refractivity contribution is 0.526. The highest BCUT2D eigenvalue weighted by Crippen LogP contribution is 2.27. The average molecular weight is 327 g/mol. The summed E-state index contributed by atoms with van der Waals surface area (Å²) in [6, 6.07) is 10.6. The van der Waals surface area contributed by atoms with E-state index in [-0.39, 0.29) is 17.7 Å². The maximum absolute atomic E-state index is 13.6. The monoisotopic (exact) mass is 326 g/mol. The highest BCUT2D eigenvalue weighted by molar-refractivity contribution is 9.10. The summed E-state index contributed by atoms with van der Waals surface area (Å²) in [7, 11) is 0. The first kappa shape index (κ1) is 14.1. The highest BCUT2D eigenvalue weighted by Gasteiger charge is 2.16. The van der Waals surface area contributed by atoms with Crippen molar-refractivity contribution in [1.29, 1.82) is 0 Å². The topological polar surface area (TPSA) is 38.0 Å². The van der Waals surface area contributed by atoms with Crippen LogP contribution in [0.1, 0.15) is 17.2 Å². The van der Waals surface area contributed by atoms with Gasteiger partial charge in [0.1, 0.15) is 11.6 Å². The molecular formula is C14H13BrF2N2. The molecule has 3 N–H and O–H groups in total. The Labute approximate surface area is 118 Å². The van der Waals surface area contributed by atoms with Crippen LogP contribution in [-0.4, -0.2) is 0 Å². The summed E-state index contributed by atoms with van der Waals surface area (Å²) in [5.41, 5.74) is 3.98. The Balaban J connectivity index is 2.28. The molecule has 0 saturated heterocycles. The fraction of sp³-hybridized carbons (Fsp3) is 0.143. The number of rotatable bonds is 4. The number of benzene rings is 2. The van der Waals surface area contributed by atoms with Gasteiger partial charge in [-0.25, -0.2) is 8.78 Å². The molecule has 19 heavy (non-hydrogen) atoms. The van der Waals surface area contributed by atoms with Gasteiger partial charge in [-0.05, 0) is 35.7 Å². The summed E-state index contributed by atoms with van der Waals surface area (Å²) in [4.78, 5) is 0. The van der Waals surface area contributed by atoms with Gasteiger partial charge in [0.25, 0.3) is 0 Å². The molecule has 2 nitrogen and oxygen atoms in total. The third-order valence-corrected chi connectivity index (χ3v) is 3.61. The standard InChI is InChI=1S/C14H13BrF2N2/c15-12-8-10(16)5-6-11(12)14(19-18)7-9-3-1-2-4-13(9)17/h1-6,8,14,19H,7,18H2. The minimum absolute atomic E-state index is 0.277.